The van der Waals surface area contributed by atoms with Crippen LogP contribution in [0.25, 0.3) is 0 Å². The summed E-state index contributed by atoms with van der Waals surface area (Å²) in [6.07, 6.45) is 0. The molecule has 82 valence electrons. The van der Waals surface area contributed by atoms with Crippen molar-refractivity contribution in [3.8, 4) is 0 Å². The van der Waals surface area contributed by atoms with Gasteiger partial charge in [0.2, 0.25) is 0 Å². The Hall–Kier alpha value is -0.450. The summed E-state index contributed by atoms with van der Waals surface area (Å²) >= 11 is 8.40. The van der Waals surface area contributed by atoms with Gasteiger partial charge in [-0.2, -0.15) is 11.3 Å². The van der Waals surface area contributed by atoms with Crippen molar-refractivity contribution >= 4 is 49.0 Å². The Balaban J connectivity index is 2.49. The maximum Gasteiger partial charge on any atom is 0.195 e. The molecule has 0 radical (unpaired) electrons. The summed E-state index contributed by atoms with van der Waals surface area (Å²) in [6.45, 7) is 1.99. The van der Waals surface area contributed by atoms with Gasteiger partial charge in [0.25, 0.3) is 0 Å². The molecule has 2 rings (SSSR count). The van der Waals surface area contributed by atoms with Crippen LogP contribution in [0.15, 0.2) is 37.9 Å². The van der Waals surface area contributed by atoms with E-state index in [1.54, 1.807) is 0 Å². The van der Waals surface area contributed by atoms with Crippen molar-refractivity contribution in [1.82, 2.24) is 0 Å². The van der Waals surface area contributed by atoms with Gasteiger partial charge in [0.05, 0.1) is 0 Å². The number of carbonyl (C=O) groups excluding carboxylic acids is 1. The van der Waals surface area contributed by atoms with E-state index in [1.165, 1.54) is 11.3 Å². The molecular weight excluding hydrogens is 352 g/mol. The molecule has 0 spiro atoms. The van der Waals surface area contributed by atoms with Crippen LogP contribution in [0.4, 0.5) is 0 Å². The van der Waals surface area contributed by atoms with E-state index in [9.17, 15) is 4.79 Å². The maximum absolute atomic E-state index is 12.1. The summed E-state index contributed by atoms with van der Waals surface area (Å²) in [5.41, 5.74) is 2.53. The molecule has 1 aromatic heterocycles. The molecule has 0 saturated carbocycles. The molecule has 0 atom stereocenters. The van der Waals surface area contributed by atoms with E-state index < -0.39 is 0 Å². The number of benzene rings is 1. The maximum atomic E-state index is 12.1. The lowest BCUT2D eigenvalue weighted by molar-refractivity contribution is 0.103. The largest absolute Gasteiger partial charge is 0.289 e. The van der Waals surface area contributed by atoms with E-state index in [2.05, 4.69) is 31.9 Å². The van der Waals surface area contributed by atoms with Gasteiger partial charge in [-0.25, -0.2) is 0 Å². The number of thiophene rings is 1. The highest BCUT2D eigenvalue weighted by molar-refractivity contribution is 9.11. The molecule has 0 aliphatic heterocycles. The predicted octanol–water partition coefficient (Wildman–Crippen LogP) is 4.81. The van der Waals surface area contributed by atoms with Crippen molar-refractivity contribution in [2.75, 3.05) is 0 Å². The van der Waals surface area contributed by atoms with Crippen LogP contribution in [0.1, 0.15) is 21.5 Å². The predicted molar refractivity (Wildman–Crippen MR) is 74.3 cm³/mol. The first-order chi connectivity index (χ1) is 7.59. The summed E-state index contributed by atoms with van der Waals surface area (Å²) in [4.78, 5) is 12.1. The number of hydrogen-bond donors (Lipinski definition) is 0. The van der Waals surface area contributed by atoms with Gasteiger partial charge in [-0.05, 0) is 36.1 Å². The minimum absolute atomic E-state index is 0.0498. The molecule has 1 heterocycles. The van der Waals surface area contributed by atoms with E-state index in [-0.39, 0.29) is 5.78 Å². The van der Waals surface area contributed by atoms with Crippen molar-refractivity contribution in [1.29, 1.82) is 0 Å². The normalized spacial score (nSPS) is 10.4. The fourth-order valence-electron chi connectivity index (χ4n) is 1.37. The molecule has 16 heavy (non-hydrogen) atoms. The topological polar surface area (TPSA) is 17.1 Å². The number of halogens is 2. The van der Waals surface area contributed by atoms with E-state index in [1.807, 2.05) is 35.9 Å². The molecule has 4 heteroatoms. The summed E-state index contributed by atoms with van der Waals surface area (Å²) in [7, 11) is 0. The number of hydrogen-bond acceptors (Lipinski definition) is 2. The van der Waals surface area contributed by atoms with Crippen LogP contribution in [-0.4, -0.2) is 5.78 Å². The Morgan fingerprint density at radius 2 is 2.00 bits per heavy atom. The molecule has 0 amide bonds. The van der Waals surface area contributed by atoms with Crippen LogP contribution in [0.2, 0.25) is 0 Å². The van der Waals surface area contributed by atoms with Crippen molar-refractivity contribution in [3.63, 3.8) is 0 Å². The van der Waals surface area contributed by atoms with Gasteiger partial charge >= 0.3 is 0 Å². The molecule has 0 N–H and O–H groups in total. The minimum Gasteiger partial charge on any atom is -0.289 e. The lowest BCUT2D eigenvalue weighted by Gasteiger charge is -2.05. The Morgan fingerprint density at radius 1 is 1.25 bits per heavy atom. The van der Waals surface area contributed by atoms with Gasteiger partial charge in [-0.3, -0.25) is 4.79 Å². The zero-order valence-corrected chi connectivity index (χ0v) is 12.4. The molecule has 0 aliphatic rings. The van der Waals surface area contributed by atoms with Crippen LogP contribution in [-0.2, 0) is 0 Å². The smallest absolute Gasteiger partial charge is 0.195 e. The van der Waals surface area contributed by atoms with Gasteiger partial charge in [-0.15, -0.1) is 0 Å². The van der Waals surface area contributed by atoms with Crippen LogP contribution >= 0.6 is 43.2 Å². The quantitative estimate of drug-likeness (QED) is 0.703. The average Bonchev–Trinajstić information content (AvgIpc) is 2.75. The molecule has 0 unspecified atom stereocenters. The number of rotatable bonds is 2. The fraction of sp³-hybridized carbons (Fsp3) is 0.0833. The summed E-state index contributed by atoms with van der Waals surface area (Å²) in [5.74, 6) is 0.0498. The number of carbonyl (C=O) groups is 1. The molecule has 0 saturated heterocycles. The summed E-state index contributed by atoms with van der Waals surface area (Å²) in [6, 6.07) is 5.65. The highest BCUT2D eigenvalue weighted by Crippen LogP contribution is 2.27. The first-order valence-corrected chi connectivity index (χ1v) is 7.15. The van der Waals surface area contributed by atoms with Gasteiger partial charge in [0.15, 0.2) is 5.78 Å². The second-order valence-corrected chi connectivity index (χ2v) is 5.91. The second-order valence-electron chi connectivity index (χ2n) is 3.42. The van der Waals surface area contributed by atoms with Crippen molar-refractivity contribution in [2.24, 2.45) is 0 Å². The van der Waals surface area contributed by atoms with E-state index in [0.29, 0.717) is 5.56 Å². The monoisotopic (exact) mass is 358 g/mol. The Morgan fingerprint density at radius 3 is 2.62 bits per heavy atom. The van der Waals surface area contributed by atoms with Crippen molar-refractivity contribution in [2.45, 2.75) is 6.92 Å². The zero-order valence-electron chi connectivity index (χ0n) is 8.46. The molecular formula is C12H8Br2OS. The van der Waals surface area contributed by atoms with Crippen LogP contribution in [0.3, 0.4) is 0 Å². The van der Waals surface area contributed by atoms with Gasteiger partial charge in [0, 0.05) is 25.5 Å². The highest BCUT2D eigenvalue weighted by Gasteiger charge is 2.14. The molecule has 1 aromatic carbocycles. The second kappa shape index (κ2) is 4.82. The third kappa shape index (κ3) is 2.29. The Bertz CT molecular complexity index is 532. The van der Waals surface area contributed by atoms with E-state index >= 15 is 0 Å². The number of aryl methyl sites for hydroxylation is 1. The van der Waals surface area contributed by atoms with Crippen LogP contribution in [0, 0.1) is 6.92 Å². The van der Waals surface area contributed by atoms with E-state index in [4.69, 9.17) is 0 Å². The lowest BCUT2D eigenvalue weighted by Crippen LogP contribution is -2.01. The molecule has 0 aliphatic carbocycles. The highest BCUT2D eigenvalue weighted by atomic mass is 79.9. The summed E-state index contributed by atoms with van der Waals surface area (Å²) < 4.78 is 1.79. The van der Waals surface area contributed by atoms with Crippen molar-refractivity contribution < 1.29 is 4.79 Å². The SMILES string of the molecule is Cc1cc(Br)c(C(=O)c2ccsc2)cc1Br. The van der Waals surface area contributed by atoms with Crippen molar-refractivity contribution in [3.05, 3.63) is 54.6 Å². The van der Waals surface area contributed by atoms with Crippen LogP contribution in [0.5, 0.6) is 0 Å². The van der Waals surface area contributed by atoms with Gasteiger partial charge in [0.1, 0.15) is 0 Å². The fourth-order valence-corrected chi connectivity index (χ4v) is 2.99. The van der Waals surface area contributed by atoms with Gasteiger partial charge < -0.3 is 0 Å². The molecule has 0 bridgehead atoms. The Kier molecular flexibility index (Phi) is 3.62. The Labute approximate surface area is 115 Å². The average molecular weight is 360 g/mol. The lowest BCUT2D eigenvalue weighted by atomic mass is 10.0. The standard InChI is InChI=1S/C12H8Br2OS/c1-7-4-11(14)9(5-10(7)13)12(15)8-2-3-16-6-8/h2-6H,1H3. The molecule has 0 fully saturated rings. The first-order valence-electron chi connectivity index (χ1n) is 4.62. The minimum atomic E-state index is 0.0498. The molecule has 2 aromatic rings. The zero-order chi connectivity index (χ0) is 11.7. The van der Waals surface area contributed by atoms with Crippen LogP contribution < -0.4 is 0 Å². The number of ketones is 1. The summed E-state index contributed by atoms with van der Waals surface area (Å²) in [5, 5.41) is 3.77. The molecule has 1 nitrogen and oxygen atoms in total. The van der Waals surface area contributed by atoms with Gasteiger partial charge in [-0.1, -0.05) is 31.9 Å². The third-order valence-electron chi connectivity index (χ3n) is 2.28. The van der Waals surface area contributed by atoms with E-state index in [0.717, 1.165) is 20.1 Å². The first kappa shape index (κ1) is 12.0. The third-order valence-corrected chi connectivity index (χ3v) is 4.47.